The summed E-state index contributed by atoms with van der Waals surface area (Å²) in [6.07, 6.45) is 0. The first kappa shape index (κ1) is 12.8. The molecular weight excluding hydrogens is 228 g/mol. The van der Waals surface area contributed by atoms with Crippen LogP contribution in [0.5, 0.6) is 5.88 Å². The summed E-state index contributed by atoms with van der Waals surface area (Å²) in [4.78, 5) is 11.5. The number of nitrogens with two attached hydrogens (primary N) is 1. The molecule has 0 amide bonds. The molecule has 0 radical (unpaired) electrons. The fourth-order valence-corrected chi connectivity index (χ4v) is 1.76. The normalized spacial score (nSPS) is 11.5. The molecule has 0 saturated heterocycles. The number of thioether (sulfide) groups is 1. The van der Waals surface area contributed by atoms with Gasteiger partial charge in [0.05, 0.1) is 7.11 Å². The molecule has 1 rings (SSSR count). The Morgan fingerprint density at radius 2 is 2.06 bits per heavy atom. The molecule has 0 unspecified atom stereocenters. The van der Waals surface area contributed by atoms with Gasteiger partial charge in [0.25, 0.3) is 0 Å². The van der Waals surface area contributed by atoms with E-state index in [2.05, 4.69) is 31.0 Å². The third-order valence-electron chi connectivity index (χ3n) is 1.66. The van der Waals surface area contributed by atoms with Crippen molar-refractivity contribution >= 4 is 11.8 Å². The fraction of sp³-hybridized carbons (Fsp3) is 0.667. The first-order chi connectivity index (χ1) is 7.35. The summed E-state index contributed by atoms with van der Waals surface area (Å²) < 4.78 is 5.69. The standard InChI is InChI=1S/C9H16N4O2S/c1-9(2,3)5-16-8-12-11-6(15-4)7(14)13(8)10/h5,10H2,1-4H3. The predicted octanol–water partition coefficient (Wildman–Crippen LogP) is 0.499. The molecule has 6 nitrogen and oxygen atoms in total. The van der Waals surface area contributed by atoms with Gasteiger partial charge in [-0.3, -0.25) is 4.79 Å². The largest absolute Gasteiger partial charge is 0.476 e. The molecule has 16 heavy (non-hydrogen) atoms. The molecule has 0 aromatic carbocycles. The monoisotopic (exact) mass is 244 g/mol. The number of methoxy groups -OCH3 is 1. The molecule has 0 aliphatic heterocycles. The lowest BCUT2D eigenvalue weighted by Gasteiger charge is -2.17. The molecule has 0 aliphatic rings. The van der Waals surface area contributed by atoms with E-state index >= 15 is 0 Å². The summed E-state index contributed by atoms with van der Waals surface area (Å²) in [5, 5.41) is 7.88. The van der Waals surface area contributed by atoms with Gasteiger partial charge in [-0.25, -0.2) is 0 Å². The Balaban J connectivity index is 2.91. The lowest BCUT2D eigenvalue weighted by molar-refractivity contribution is 0.374. The van der Waals surface area contributed by atoms with Crippen LogP contribution in [0, 0.1) is 5.41 Å². The van der Waals surface area contributed by atoms with E-state index in [-0.39, 0.29) is 11.3 Å². The second-order valence-electron chi connectivity index (χ2n) is 4.52. The number of ether oxygens (including phenoxy) is 1. The van der Waals surface area contributed by atoms with Gasteiger partial charge >= 0.3 is 11.4 Å². The maximum absolute atomic E-state index is 11.5. The molecule has 1 aromatic rings. The van der Waals surface area contributed by atoms with Crippen molar-refractivity contribution < 1.29 is 4.74 Å². The van der Waals surface area contributed by atoms with Crippen LogP contribution in [0.15, 0.2) is 9.95 Å². The van der Waals surface area contributed by atoms with Gasteiger partial charge in [0.2, 0.25) is 5.16 Å². The van der Waals surface area contributed by atoms with E-state index in [1.807, 2.05) is 0 Å². The van der Waals surface area contributed by atoms with Gasteiger partial charge in [0.15, 0.2) is 0 Å². The highest BCUT2D eigenvalue weighted by Gasteiger charge is 2.15. The molecule has 0 spiro atoms. The number of aromatic nitrogens is 3. The summed E-state index contributed by atoms with van der Waals surface area (Å²) in [6, 6.07) is 0. The molecule has 1 heterocycles. The van der Waals surface area contributed by atoms with Crippen molar-refractivity contribution in [1.82, 2.24) is 14.9 Å². The third kappa shape index (κ3) is 3.13. The van der Waals surface area contributed by atoms with Gasteiger partial charge in [0, 0.05) is 5.75 Å². The van der Waals surface area contributed by atoms with E-state index in [0.29, 0.717) is 5.16 Å². The van der Waals surface area contributed by atoms with Crippen LogP contribution >= 0.6 is 11.8 Å². The second-order valence-corrected chi connectivity index (χ2v) is 5.46. The summed E-state index contributed by atoms with van der Waals surface area (Å²) in [5.74, 6) is 6.29. The van der Waals surface area contributed by atoms with E-state index in [4.69, 9.17) is 10.6 Å². The number of nitrogens with zero attached hydrogens (tertiary/aromatic N) is 3. The van der Waals surface area contributed by atoms with Crippen molar-refractivity contribution in [2.75, 3.05) is 18.7 Å². The predicted molar refractivity (Wildman–Crippen MR) is 63.2 cm³/mol. The lowest BCUT2D eigenvalue weighted by Crippen LogP contribution is -2.31. The van der Waals surface area contributed by atoms with Crippen molar-refractivity contribution in [3.05, 3.63) is 10.4 Å². The lowest BCUT2D eigenvalue weighted by atomic mass is 10.0. The average molecular weight is 244 g/mol. The number of hydrogen-bond donors (Lipinski definition) is 1. The van der Waals surface area contributed by atoms with Crippen LogP contribution < -0.4 is 16.1 Å². The van der Waals surface area contributed by atoms with Crippen LogP contribution in [0.25, 0.3) is 0 Å². The highest BCUT2D eigenvalue weighted by molar-refractivity contribution is 7.99. The van der Waals surface area contributed by atoms with Crippen molar-refractivity contribution in [3.8, 4) is 5.88 Å². The molecule has 7 heteroatoms. The van der Waals surface area contributed by atoms with E-state index < -0.39 is 5.56 Å². The van der Waals surface area contributed by atoms with Gasteiger partial charge in [0.1, 0.15) is 0 Å². The number of nitrogen functional groups attached to an aromatic ring is 1. The summed E-state index contributed by atoms with van der Waals surface area (Å²) in [5.41, 5.74) is -0.351. The zero-order valence-corrected chi connectivity index (χ0v) is 10.7. The molecule has 0 saturated carbocycles. The van der Waals surface area contributed by atoms with Gasteiger partial charge < -0.3 is 10.6 Å². The highest BCUT2D eigenvalue weighted by atomic mass is 32.2. The van der Waals surface area contributed by atoms with Crippen molar-refractivity contribution in [2.45, 2.75) is 25.9 Å². The molecule has 0 aliphatic carbocycles. The highest BCUT2D eigenvalue weighted by Crippen LogP contribution is 2.24. The van der Waals surface area contributed by atoms with Crippen LogP contribution in [0.4, 0.5) is 0 Å². The molecule has 0 atom stereocenters. The Morgan fingerprint density at radius 1 is 1.44 bits per heavy atom. The molecule has 1 aromatic heterocycles. The molecular formula is C9H16N4O2S. The molecule has 0 bridgehead atoms. The minimum atomic E-state index is -0.478. The quantitative estimate of drug-likeness (QED) is 0.616. The molecule has 0 fully saturated rings. The van der Waals surface area contributed by atoms with Crippen LogP contribution in [0.2, 0.25) is 0 Å². The average Bonchev–Trinajstić information content (AvgIpc) is 2.19. The van der Waals surface area contributed by atoms with Gasteiger partial charge in [-0.1, -0.05) is 32.5 Å². The van der Waals surface area contributed by atoms with Gasteiger partial charge in [-0.15, -0.1) is 10.2 Å². The van der Waals surface area contributed by atoms with Crippen molar-refractivity contribution in [2.24, 2.45) is 5.41 Å². The van der Waals surface area contributed by atoms with Crippen LogP contribution in [0.1, 0.15) is 20.8 Å². The minimum Gasteiger partial charge on any atom is -0.476 e. The Labute approximate surface area is 98.2 Å². The number of rotatable bonds is 3. The van der Waals surface area contributed by atoms with Crippen molar-refractivity contribution in [3.63, 3.8) is 0 Å². The van der Waals surface area contributed by atoms with Gasteiger partial charge in [-0.2, -0.15) is 4.68 Å². The van der Waals surface area contributed by atoms with E-state index in [1.165, 1.54) is 18.9 Å². The molecule has 2 N–H and O–H groups in total. The van der Waals surface area contributed by atoms with E-state index in [9.17, 15) is 4.79 Å². The van der Waals surface area contributed by atoms with E-state index in [1.54, 1.807) is 0 Å². The van der Waals surface area contributed by atoms with Crippen LogP contribution in [-0.4, -0.2) is 27.7 Å². The van der Waals surface area contributed by atoms with Crippen LogP contribution in [0.3, 0.4) is 0 Å². The van der Waals surface area contributed by atoms with E-state index in [0.717, 1.165) is 10.4 Å². The van der Waals surface area contributed by atoms with Crippen LogP contribution in [-0.2, 0) is 0 Å². The Kier molecular flexibility index (Phi) is 3.79. The molecule has 90 valence electrons. The Bertz CT molecular complexity index is 424. The SMILES string of the molecule is COc1nnc(SCC(C)(C)C)n(N)c1=O. The third-order valence-corrected chi connectivity index (χ3v) is 3.21. The zero-order chi connectivity index (χ0) is 12.3. The Hall–Kier alpha value is -1.24. The maximum atomic E-state index is 11.5. The summed E-state index contributed by atoms with van der Waals surface area (Å²) in [7, 11) is 1.35. The van der Waals surface area contributed by atoms with Crippen molar-refractivity contribution in [1.29, 1.82) is 0 Å². The first-order valence-corrected chi connectivity index (χ1v) is 5.75. The first-order valence-electron chi connectivity index (χ1n) is 4.77. The second kappa shape index (κ2) is 4.73. The zero-order valence-electron chi connectivity index (χ0n) is 9.85. The minimum absolute atomic E-state index is 0.0948. The van der Waals surface area contributed by atoms with Gasteiger partial charge in [-0.05, 0) is 5.41 Å². The summed E-state index contributed by atoms with van der Waals surface area (Å²) in [6.45, 7) is 6.28. The smallest absolute Gasteiger partial charge is 0.335 e. The summed E-state index contributed by atoms with van der Waals surface area (Å²) >= 11 is 1.40. The fourth-order valence-electron chi connectivity index (χ4n) is 0.877. The Morgan fingerprint density at radius 3 is 2.56 bits per heavy atom. The maximum Gasteiger partial charge on any atom is 0.335 e. The number of hydrogen-bond acceptors (Lipinski definition) is 6. The topological polar surface area (TPSA) is 83.0 Å².